The van der Waals surface area contributed by atoms with Gasteiger partial charge in [0.25, 0.3) is 0 Å². The fraction of sp³-hybridized carbons (Fsp3) is 0.273. The summed E-state index contributed by atoms with van der Waals surface area (Å²) in [6.07, 6.45) is 0.0602. The van der Waals surface area contributed by atoms with Crippen molar-refractivity contribution < 1.29 is 19.1 Å². The molecule has 1 rings (SSSR count). The van der Waals surface area contributed by atoms with Crippen molar-refractivity contribution in [2.45, 2.75) is 0 Å². The molecule has 0 radical (unpaired) electrons. The van der Waals surface area contributed by atoms with Gasteiger partial charge in [0.05, 0.1) is 19.9 Å². The van der Waals surface area contributed by atoms with E-state index in [1.807, 2.05) is 0 Å². The maximum Gasteiger partial charge on any atom is 0.413 e. The Bertz CT molecular complexity index is 447. The first kappa shape index (κ1) is 13.3. The molecule has 0 saturated carbocycles. The largest absolute Gasteiger partial charge is 0.495 e. The fourth-order valence-corrected chi connectivity index (χ4v) is 1.61. The summed E-state index contributed by atoms with van der Waals surface area (Å²) in [7, 11) is 4.17. The molecule has 0 aromatic heterocycles. The van der Waals surface area contributed by atoms with Gasteiger partial charge in [-0.2, -0.15) is 0 Å². The minimum atomic E-state index is -0.586. The molecular formula is C11H12ClNO4. The van der Waals surface area contributed by atoms with Crippen LogP contribution in [0.2, 0.25) is 5.02 Å². The third-order valence-electron chi connectivity index (χ3n) is 2.21. The Kier molecular flexibility index (Phi) is 4.34. The Hall–Kier alpha value is -1.75. The zero-order chi connectivity index (χ0) is 13.0. The summed E-state index contributed by atoms with van der Waals surface area (Å²) in [5.74, 6) is 0.321. The van der Waals surface area contributed by atoms with Crippen molar-refractivity contribution in [3.05, 3.63) is 22.7 Å². The number of halogens is 1. The summed E-state index contributed by atoms with van der Waals surface area (Å²) in [4.78, 5) is 23.3. The number of methoxy groups -OCH3 is 2. The summed E-state index contributed by atoms with van der Waals surface area (Å²) in [5.41, 5.74) is 0.706. The van der Waals surface area contributed by atoms with Crippen LogP contribution in [0.1, 0.15) is 10.4 Å². The van der Waals surface area contributed by atoms with E-state index in [4.69, 9.17) is 16.3 Å². The standard InChI is InChI=1S/C11H12ClNO4/c1-13(11(15)17-3)8-4-7(6-14)5-9(16-2)10(8)12/h4-6H,1-3H3. The summed E-state index contributed by atoms with van der Waals surface area (Å²) in [6.45, 7) is 0. The number of hydrogen-bond acceptors (Lipinski definition) is 4. The molecule has 92 valence electrons. The topological polar surface area (TPSA) is 55.8 Å². The molecule has 0 N–H and O–H groups in total. The first-order chi connectivity index (χ1) is 8.04. The van der Waals surface area contributed by atoms with E-state index in [-0.39, 0.29) is 5.02 Å². The molecule has 5 nitrogen and oxygen atoms in total. The number of amides is 1. The molecule has 1 amide bonds. The molecule has 0 bridgehead atoms. The molecule has 0 unspecified atom stereocenters. The maximum absolute atomic E-state index is 11.4. The number of carbonyl (C=O) groups excluding carboxylic acids is 2. The van der Waals surface area contributed by atoms with Crippen LogP contribution in [-0.2, 0) is 4.74 Å². The van der Waals surface area contributed by atoms with Crippen molar-refractivity contribution >= 4 is 29.7 Å². The smallest absolute Gasteiger partial charge is 0.413 e. The van der Waals surface area contributed by atoms with Crippen LogP contribution < -0.4 is 9.64 Å². The van der Waals surface area contributed by atoms with Crippen molar-refractivity contribution in [3.63, 3.8) is 0 Å². The monoisotopic (exact) mass is 257 g/mol. The molecule has 0 aliphatic carbocycles. The number of hydrogen-bond donors (Lipinski definition) is 0. The molecule has 1 aromatic rings. The lowest BCUT2D eigenvalue weighted by Crippen LogP contribution is -2.26. The first-order valence-corrected chi connectivity index (χ1v) is 5.07. The number of nitrogens with zero attached hydrogens (tertiary/aromatic N) is 1. The van der Waals surface area contributed by atoms with E-state index in [0.717, 1.165) is 0 Å². The highest BCUT2D eigenvalue weighted by atomic mass is 35.5. The molecule has 0 heterocycles. The highest BCUT2D eigenvalue weighted by Crippen LogP contribution is 2.35. The Labute approximate surface area is 104 Å². The van der Waals surface area contributed by atoms with Crippen LogP contribution in [-0.4, -0.2) is 33.6 Å². The minimum absolute atomic E-state index is 0.242. The van der Waals surface area contributed by atoms with Crippen molar-refractivity contribution in [2.75, 3.05) is 26.2 Å². The van der Waals surface area contributed by atoms with Gasteiger partial charge in [0.15, 0.2) is 0 Å². The molecule has 0 aliphatic rings. The predicted octanol–water partition coefficient (Wildman–Crippen LogP) is 2.36. The molecule has 1 aromatic carbocycles. The molecule has 17 heavy (non-hydrogen) atoms. The van der Waals surface area contributed by atoms with Crippen LogP contribution in [0.4, 0.5) is 10.5 Å². The van der Waals surface area contributed by atoms with Gasteiger partial charge in [-0.25, -0.2) is 4.79 Å². The van der Waals surface area contributed by atoms with Gasteiger partial charge in [-0.3, -0.25) is 9.69 Å². The van der Waals surface area contributed by atoms with Gasteiger partial charge < -0.3 is 9.47 Å². The van der Waals surface area contributed by atoms with Gasteiger partial charge in [0.1, 0.15) is 17.1 Å². The van der Waals surface area contributed by atoms with Crippen molar-refractivity contribution in [1.82, 2.24) is 0 Å². The third kappa shape index (κ3) is 2.68. The summed E-state index contributed by atoms with van der Waals surface area (Å²) < 4.78 is 9.59. The highest BCUT2D eigenvalue weighted by Gasteiger charge is 2.18. The number of rotatable bonds is 3. The van der Waals surface area contributed by atoms with Gasteiger partial charge in [-0.15, -0.1) is 0 Å². The van der Waals surface area contributed by atoms with E-state index in [1.165, 1.54) is 38.3 Å². The van der Waals surface area contributed by atoms with Gasteiger partial charge in [-0.1, -0.05) is 11.6 Å². The maximum atomic E-state index is 11.4. The van der Waals surface area contributed by atoms with E-state index < -0.39 is 6.09 Å². The van der Waals surface area contributed by atoms with Gasteiger partial charge in [0, 0.05) is 12.6 Å². The van der Waals surface area contributed by atoms with Crippen molar-refractivity contribution in [3.8, 4) is 5.75 Å². The van der Waals surface area contributed by atoms with E-state index >= 15 is 0 Å². The van der Waals surface area contributed by atoms with E-state index in [9.17, 15) is 9.59 Å². The lowest BCUT2D eigenvalue weighted by molar-refractivity contribution is 0.112. The number of aldehydes is 1. The molecule has 0 aliphatic heterocycles. The SMILES string of the molecule is COC(=O)N(C)c1cc(C=O)cc(OC)c1Cl. The minimum Gasteiger partial charge on any atom is -0.495 e. The van der Waals surface area contributed by atoms with Gasteiger partial charge in [-0.05, 0) is 12.1 Å². The zero-order valence-electron chi connectivity index (χ0n) is 9.69. The summed E-state index contributed by atoms with van der Waals surface area (Å²) in [6, 6.07) is 2.97. The van der Waals surface area contributed by atoms with Gasteiger partial charge >= 0.3 is 6.09 Å². The van der Waals surface area contributed by atoms with Crippen LogP contribution in [0.25, 0.3) is 0 Å². The van der Waals surface area contributed by atoms with Crippen LogP contribution in [0, 0.1) is 0 Å². The predicted molar refractivity (Wildman–Crippen MR) is 64.2 cm³/mol. The summed E-state index contributed by atoms with van der Waals surface area (Å²) >= 11 is 6.04. The van der Waals surface area contributed by atoms with Crippen LogP contribution >= 0.6 is 11.6 Å². The molecule has 0 saturated heterocycles. The first-order valence-electron chi connectivity index (χ1n) is 4.69. The molecule has 6 heteroatoms. The Balaban J connectivity index is 3.31. The van der Waals surface area contributed by atoms with E-state index in [2.05, 4.69) is 4.74 Å². The number of carbonyl (C=O) groups is 2. The average Bonchev–Trinajstić information content (AvgIpc) is 2.37. The number of benzene rings is 1. The van der Waals surface area contributed by atoms with Crippen LogP contribution in [0.3, 0.4) is 0 Å². The normalized spacial score (nSPS) is 9.65. The second-order valence-electron chi connectivity index (χ2n) is 3.20. The van der Waals surface area contributed by atoms with Crippen LogP contribution in [0.15, 0.2) is 12.1 Å². The molecule has 0 spiro atoms. The Morgan fingerprint density at radius 2 is 2.06 bits per heavy atom. The Morgan fingerprint density at radius 3 is 2.53 bits per heavy atom. The highest BCUT2D eigenvalue weighted by molar-refractivity contribution is 6.35. The van der Waals surface area contributed by atoms with Crippen molar-refractivity contribution in [1.29, 1.82) is 0 Å². The average molecular weight is 258 g/mol. The molecule has 0 atom stereocenters. The molecule has 0 fully saturated rings. The second-order valence-corrected chi connectivity index (χ2v) is 3.58. The van der Waals surface area contributed by atoms with Crippen LogP contribution in [0.5, 0.6) is 5.75 Å². The fourth-order valence-electron chi connectivity index (χ4n) is 1.30. The quantitative estimate of drug-likeness (QED) is 0.780. The Morgan fingerprint density at radius 1 is 1.41 bits per heavy atom. The zero-order valence-corrected chi connectivity index (χ0v) is 10.4. The molecular weight excluding hydrogens is 246 g/mol. The lowest BCUT2D eigenvalue weighted by atomic mass is 10.2. The van der Waals surface area contributed by atoms with Gasteiger partial charge in [0.2, 0.25) is 0 Å². The summed E-state index contributed by atoms with van der Waals surface area (Å²) in [5, 5.41) is 0.242. The van der Waals surface area contributed by atoms with E-state index in [1.54, 1.807) is 0 Å². The number of anilines is 1. The number of ether oxygens (including phenoxy) is 2. The lowest BCUT2D eigenvalue weighted by Gasteiger charge is -2.18. The van der Waals surface area contributed by atoms with E-state index in [0.29, 0.717) is 23.3 Å². The van der Waals surface area contributed by atoms with Crippen molar-refractivity contribution in [2.24, 2.45) is 0 Å². The second kappa shape index (κ2) is 5.54. The third-order valence-corrected chi connectivity index (χ3v) is 2.59.